The third kappa shape index (κ3) is 1.72. The minimum absolute atomic E-state index is 0.151. The van der Waals surface area contributed by atoms with Crippen LogP contribution in [0.3, 0.4) is 0 Å². The van der Waals surface area contributed by atoms with Crippen molar-refractivity contribution in [2.24, 2.45) is 0 Å². The lowest BCUT2D eigenvalue weighted by atomic mass is 9.98. The first-order chi connectivity index (χ1) is 8.65. The number of ether oxygens (including phenoxy) is 1. The maximum Gasteiger partial charge on any atom is 0.326 e. The van der Waals surface area contributed by atoms with E-state index in [2.05, 4.69) is 4.90 Å². The minimum Gasteiger partial charge on any atom is -0.468 e. The average molecular weight is 249 g/mol. The molecule has 1 fully saturated rings. The van der Waals surface area contributed by atoms with Crippen molar-refractivity contribution in [3.63, 3.8) is 0 Å². The molecule has 1 aliphatic carbocycles. The molecule has 0 saturated heterocycles. The minimum atomic E-state index is -0.432. The van der Waals surface area contributed by atoms with Crippen LogP contribution in [-0.2, 0) is 22.5 Å². The van der Waals surface area contributed by atoms with E-state index in [0.717, 1.165) is 31.4 Å². The zero-order chi connectivity index (χ0) is 12.8. The Bertz CT molecular complexity index is 497. The van der Waals surface area contributed by atoms with Gasteiger partial charge in [0.2, 0.25) is 0 Å². The first-order valence-corrected chi connectivity index (χ1v) is 6.26. The van der Waals surface area contributed by atoms with Crippen molar-refractivity contribution in [2.45, 2.75) is 31.3 Å². The summed E-state index contributed by atoms with van der Waals surface area (Å²) in [6, 6.07) is 4.93. The highest BCUT2D eigenvalue weighted by atomic mass is 19.1. The second kappa shape index (κ2) is 4.05. The van der Waals surface area contributed by atoms with Gasteiger partial charge in [-0.25, -0.2) is 4.39 Å². The van der Waals surface area contributed by atoms with Gasteiger partial charge in [-0.1, -0.05) is 6.07 Å². The Morgan fingerprint density at radius 3 is 2.83 bits per heavy atom. The number of carbonyl (C=O) groups excluding carboxylic acids is 1. The molecule has 0 aromatic heterocycles. The molecule has 96 valence electrons. The number of benzene rings is 1. The van der Waals surface area contributed by atoms with Gasteiger partial charge in [0, 0.05) is 13.1 Å². The monoisotopic (exact) mass is 249 g/mol. The van der Waals surface area contributed by atoms with Crippen molar-refractivity contribution in [1.82, 2.24) is 4.90 Å². The predicted molar refractivity (Wildman–Crippen MR) is 64.5 cm³/mol. The number of carbonyl (C=O) groups is 1. The molecule has 0 bridgehead atoms. The molecule has 0 N–H and O–H groups in total. The SMILES string of the molecule is COC(=O)C1(N2CCc3ccc(F)cc3C2)CC1. The summed E-state index contributed by atoms with van der Waals surface area (Å²) < 4.78 is 18.1. The van der Waals surface area contributed by atoms with Crippen LogP contribution in [0.15, 0.2) is 18.2 Å². The predicted octanol–water partition coefficient (Wildman–Crippen LogP) is 1.89. The van der Waals surface area contributed by atoms with E-state index in [1.165, 1.54) is 18.7 Å². The van der Waals surface area contributed by atoms with Crippen molar-refractivity contribution in [3.8, 4) is 0 Å². The molecule has 4 heteroatoms. The molecule has 0 amide bonds. The van der Waals surface area contributed by atoms with Crippen LogP contribution in [0.1, 0.15) is 24.0 Å². The first kappa shape index (κ1) is 11.7. The molecule has 0 unspecified atom stereocenters. The molecule has 3 nitrogen and oxygen atoms in total. The number of halogens is 1. The number of nitrogens with zero attached hydrogens (tertiary/aromatic N) is 1. The number of esters is 1. The molecule has 1 saturated carbocycles. The van der Waals surface area contributed by atoms with Crippen molar-refractivity contribution in [2.75, 3.05) is 13.7 Å². The van der Waals surface area contributed by atoms with Crippen molar-refractivity contribution >= 4 is 5.97 Å². The van der Waals surface area contributed by atoms with Crippen LogP contribution in [0.5, 0.6) is 0 Å². The summed E-state index contributed by atoms with van der Waals surface area (Å²) in [4.78, 5) is 14.0. The van der Waals surface area contributed by atoms with E-state index in [0.29, 0.717) is 6.54 Å². The summed E-state index contributed by atoms with van der Waals surface area (Å²) in [6.45, 7) is 1.48. The van der Waals surface area contributed by atoms with Gasteiger partial charge in [-0.3, -0.25) is 9.69 Å². The number of rotatable bonds is 2. The topological polar surface area (TPSA) is 29.5 Å². The van der Waals surface area contributed by atoms with Gasteiger partial charge in [0.25, 0.3) is 0 Å². The van der Waals surface area contributed by atoms with Crippen molar-refractivity contribution in [1.29, 1.82) is 0 Å². The summed E-state index contributed by atoms with van der Waals surface area (Å²) in [7, 11) is 1.43. The smallest absolute Gasteiger partial charge is 0.326 e. The fourth-order valence-corrected chi connectivity index (χ4v) is 2.85. The second-order valence-corrected chi connectivity index (χ2v) is 5.11. The number of fused-ring (bicyclic) bond motifs is 1. The van der Waals surface area contributed by atoms with Gasteiger partial charge < -0.3 is 4.74 Å². The number of methoxy groups -OCH3 is 1. The van der Waals surface area contributed by atoms with Gasteiger partial charge in [0.05, 0.1) is 7.11 Å². The molecule has 2 aliphatic rings. The highest BCUT2D eigenvalue weighted by Crippen LogP contribution is 2.44. The lowest BCUT2D eigenvalue weighted by molar-refractivity contribution is -0.149. The molecule has 18 heavy (non-hydrogen) atoms. The van der Waals surface area contributed by atoms with Gasteiger partial charge in [-0.05, 0) is 42.5 Å². The normalized spacial score (nSPS) is 21.2. The van der Waals surface area contributed by atoms with E-state index in [-0.39, 0.29) is 11.8 Å². The lowest BCUT2D eigenvalue weighted by Gasteiger charge is -2.34. The maximum absolute atomic E-state index is 13.2. The van der Waals surface area contributed by atoms with Gasteiger partial charge in [0.15, 0.2) is 0 Å². The number of hydrogen-bond acceptors (Lipinski definition) is 3. The molecular formula is C14H16FNO2. The fraction of sp³-hybridized carbons (Fsp3) is 0.500. The van der Waals surface area contributed by atoms with Gasteiger partial charge in [0.1, 0.15) is 11.4 Å². The highest BCUT2D eigenvalue weighted by Gasteiger charge is 2.56. The highest BCUT2D eigenvalue weighted by molar-refractivity contribution is 5.84. The summed E-state index contributed by atoms with van der Waals surface area (Å²) >= 11 is 0. The van der Waals surface area contributed by atoms with E-state index in [1.54, 1.807) is 6.07 Å². The summed E-state index contributed by atoms with van der Waals surface area (Å²) in [5.74, 6) is -0.360. The molecule has 1 aliphatic heterocycles. The molecule has 1 heterocycles. The van der Waals surface area contributed by atoms with Crippen molar-refractivity contribution < 1.29 is 13.9 Å². The Balaban J connectivity index is 1.85. The second-order valence-electron chi connectivity index (χ2n) is 5.11. The van der Waals surface area contributed by atoms with Crippen LogP contribution in [0.2, 0.25) is 0 Å². The largest absolute Gasteiger partial charge is 0.468 e. The molecule has 0 atom stereocenters. The maximum atomic E-state index is 13.2. The molecule has 3 rings (SSSR count). The fourth-order valence-electron chi connectivity index (χ4n) is 2.85. The van der Waals surface area contributed by atoms with Crippen LogP contribution in [0.25, 0.3) is 0 Å². The standard InChI is InChI=1S/C14H16FNO2/c1-18-13(17)14(5-6-14)16-7-4-10-2-3-12(15)8-11(10)9-16/h2-3,8H,4-7,9H2,1H3. The molecule has 1 aromatic carbocycles. The van der Waals surface area contributed by atoms with Gasteiger partial charge >= 0.3 is 5.97 Å². The Kier molecular flexibility index (Phi) is 2.63. The molecule has 0 radical (unpaired) electrons. The van der Waals surface area contributed by atoms with E-state index in [4.69, 9.17) is 4.74 Å². The molecular weight excluding hydrogens is 233 g/mol. The first-order valence-electron chi connectivity index (χ1n) is 6.26. The van der Waals surface area contributed by atoms with Crippen LogP contribution >= 0.6 is 0 Å². The summed E-state index contributed by atoms with van der Waals surface area (Å²) in [5.41, 5.74) is 1.75. The molecule has 1 aromatic rings. The summed E-state index contributed by atoms with van der Waals surface area (Å²) in [5, 5.41) is 0. The quantitative estimate of drug-likeness (QED) is 0.750. The van der Waals surface area contributed by atoms with E-state index < -0.39 is 5.54 Å². The zero-order valence-electron chi connectivity index (χ0n) is 10.4. The van der Waals surface area contributed by atoms with Crippen LogP contribution in [-0.4, -0.2) is 30.1 Å². The van der Waals surface area contributed by atoms with E-state index in [9.17, 15) is 9.18 Å². The van der Waals surface area contributed by atoms with Crippen LogP contribution < -0.4 is 0 Å². The molecule has 0 spiro atoms. The Hall–Kier alpha value is -1.42. The Morgan fingerprint density at radius 2 is 2.17 bits per heavy atom. The average Bonchev–Trinajstić information content (AvgIpc) is 3.18. The Labute approximate surface area is 106 Å². The third-order valence-electron chi connectivity index (χ3n) is 4.07. The van der Waals surface area contributed by atoms with Gasteiger partial charge in [-0.2, -0.15) is 0 Å². The third-order valence-corrected chi connectivity index (χ3v) is 4.07. The zero-order valence-corrected chi connectivity index (χ0v) is 10.4. The van der Waals surface area contributed by atoms with E-state index in [1.807, 2.05) is 6.07 Å². The lowest BCUT2D eigenvalue weighted by Crippen LogP contribution is -2.46. The number of hydrogen-bond donors (Lipinski definition) is 0. The van der Waals surface area contributed by atoms with E-state index >= 15 is 0 Å². The Morgan fingerprint density at radius 1 is 1.39 bits per heavy atom. The van der Waals surface area contributed by atoms with Gasteiger partial charge in [-0.15, -0.1) is 0 Å². The van der Waals surface area contributed by atoms with Crippen LogP contribution in [0, 0.1) is 5.82 Å². The van der Waals surface area contributed by atoms with Crippen LogP contribution in [0.4, 0.5) is 4.39 Å². The van der Waals surface area contributed by atoms with Crippen molar-refractivity contribution in [3.05, 3.63) is 35.1 Å². The summed E-state index contributed by atoms with van der Waals surface area (Å²) in [6.07, 6.45) is 2.57.